The summed E-state index contributed by atoms with van der Waals surface area (Å²) < 4.78 is 5.20. The minimum absolute atomic E-state index is 0.0177. The first-order valence-electron chi connectivity index (χ1n) is 13.8. The fourth-order valence-electron chi connectivity index (χ4n) is 5.59. The lowest BCUT2D eigenvalue weighted by molar-refractivity contribution is -0.145. The number of ether oxygens (including phenoxy) is 1. The molecule has 0 bridgehead atoms. The molecule has 39 heavy (non-hydrogen) atoms. The largest absolute Gasteiger partial charge is 0.441 e. The van der Waals surface area contributed by atoms with Crippen molar-refractivity contribution in [1.82, 2.24) is 25.8 Å². The molecular weight excluding hydrogens is 502 g/mol. The molecule has 11 nitrogen and oxygen atoms in total. The van der Waals surface area contributed by atoms with E-state index >= 15 is 0 Å². The third-order valence-electron chi connectivity index (χ3n) is 8.04. The van der Waals surface area contributed by atoms with Crippen LogP contribution in [0.5, 0.6) is 0 Å². The minimum atomic E-state index is -0.650. The number of carbonyl (C=O) groups excluding carboxylic acids is 5. The predicted molar refractivity (Wildman–Crippen MR) is 142 cm³/mol. The van der Waals surface area contributed by atoms with Gasteiger partial charge in [0.25, 0.3) is 5.91 Å². The van der Waals surface area contributed by atoms with Gasteiger partial charge in [0.05, 0.1) is 12.5 Å². The number of likely N-dealkylation sites (N-methyl/N-ethyl adjacent to an activating group) is 1. The summed E-state index contributed by atoms with van der Waals surface area (Å²) in [6.45, 7) is 1.94. The lowest BCUT2D eigenvalue weighted by Crippen LogP contribution is -2.57. The van der Waals surface area contributed by atoms with Gasteiger partial charge in [-0.15, -0.1) is 0 Å². The summed E-state index contributed by atoms with van der Waals surface area (Å²) in [5, 5.41) is 8.71. The Morgan fingerprint density at radius 1 is 1.10 bits per heavy atom. The van der Waals surface area contributed by atoms with Crippen molar-refractivity contribution in [2.75, 3.05) is 14.1 Å². The number of cyclic esters (lactones) is 1. The summed E-state index contributed by atoms with van der Waals surface area (Å²) in [6, 6.07) is 5.27. The van der Waals surface area contributed by atoms with Crippen molar-refractivity contribution < 1.29 is 28.7 Å². The Balaban J connectivity index is 1.39. The monoisotopic (exact) mass is 541 g/mol. The molecule has 3 aliphatic heterocycles. The maximum Gasteiger partial charge on any atom is 0.307 e. The molecule has 0 spiro atoms. The molecule has 3 heterocycles. The van der Waals surface area contributed by atoms with Gasteiger partial charge in [0.15, 0.2) is 6.23 Å². The maximum atomic E-state index is 13.6. The molecular formula is C28H39N5O6. The van der Waals surface area contributed by atoms with E-state index in [2.05, 4.69) is 16.0 Å². The van der Waals surface area contributed by atoms with Crippen LogP contribution in [0.4, 0.5) is 0 Å². The second kappa shape index (κ2) is 12.6. The average molecular weight is 542 g/mol. The zero-order chi connectivity index (χ0) is 28.1. The molecule has 4 amide bonds. The molecule has 0 unspecified atom stereocenters. The van der Waals surface area contributed by atoms with Gasteiger partial charge in [0.2, 0.25) is 17.7 Å². The van der Waals surface area contributed by atoms with Crippen LogP contribution in [0.15, 0.2) is 24.3 Å². The molecule has 3 N–H and O–H groups in total. The lowest BCUT2D eigenvalue weighted by atomic mass is 9.98. The summed E-state index contributed by atoms with van der Waals surface area (Å²) >= 11 is 0. The van der Waals surface area contributed by atoms with Crippen molar-refractivity contribution in [2.45, 2.75) is 95.2 Å². The molecule has 4 rings (SSSR count). The number of hydrogen-bond acceptors (Lipinski definition) is 7. The van der Waals surface area contributed by atoms with Crippen molar-refractivity contribution in [3.63, 3.8) is 0 Å². The van der Waals surface area contributed by atoms with Crippen LogP contribution in [0.3, 0.4) is 0 Å². The van der Waals surface area contributed by atoms with Crippen LogP contribution in [0.25, 0.3) is 0 Å². The van der Waals surface area contributed by atoms with Crippen molar-refractivity contribution in [3.8, 4) is 0 Å². The first-order chi connectivity index (χ1) is 18.7. The van der Waals surface area contributed by atoms with E-state index in [1.807, 2.05) is 6.07 Å². The fourth-order valence-corrected chi connectivity index (χ4v) is 5.59. The second-order valence-corrected chi connectivity index (χ2v) is 10.7. The zero-order valence-corrected chi connectivity index (χ0v) is 22.9. The van der Waals surface area contributed by atoms with Gasteiger partial charge in [0.1, 0.15) is 12.1 Å². The highest BCUT2D eigenvalue weighted by Crippen LogP contribution is 2.31. The summed E-state index contributed by atoms with van der Waals surface area (Å²) in [5.74, 6) is -1.26. The molecule has 11 heteroatoms. The zero-order valence-electron chi connectivity index (χ0n) is 22.9. The number of benzene rings is 1. The number of amides is 4. The van der Waals surface area contributed by atoms with Crippen molar-refractivity contribution in [2.24, 2.45) is 0 Å². The van der Waals surface area contributed by atoms with Gasteiger partial charge in [0, 0.05) is 31.6 Å². The van der Waals surface area contributed by atoms with Gasteiger partial charge in [-0.25, -0.2) is 0 Å². The van der Waals surface area contributed by atoms with E-state index in [0.29, 0.717) is 24.8 Å². The maximum absolute atomic E-state index is 13.6. The minimum Gasteiger partial charge on any atom is -0.441 e. The summed E-state index contributed by atoms with van der Waals surface area (Å²) in [4.78, 5) is 66.8. The molecule has 5 atom stereocenters. The Hall–Kier alpha value is -3.47. The Labute approximate surface area is 229 Å². The van der Waals surface area contributed by atoms with E-state index < -0.39 is 24.4 Å². The summed E-state index contributed by atoms with van der Waals surface area (Å²) in [5.41, 5.74) is 1.17. The van der Waals surface area contributed by atoms with Crippen LogP contribution in [-0.2, 0) is 30.5 Å². The number of nitrogens with one attached hydrogen (secondary N) is 3. The van der Waals surface area contributed by atoms with Crippen LogP contribution in [0, 0.1) is 0 Å². The number of rotatable bonds is 8. The first-order valence-corrected chi connectivity index (χ1v) is 13.8. The molecule has 0 aliphatic carbocycles. The first kappa shape index (κ1) is 28.5. The molecule has 0 radical (unpaired) electrons. The smallest absolute Gasteiger partial charge is 0.307 e. The SMILES string of the molecule is CN[C@@H](C)C(=O)N[C@H]1CCCC[C@H]2CC[C@@H](C(=O)NCc3cccc(C(=O)N(C)[C@H]4CCC(=O)O4)c3)N2C1=O. The third kappa shape index (κ3) is 6.58. The van der Waals surface area contributed by atoms with Crippen LogP contribution in [0.1, 0.15) is 74.2 Å². The van der Waals surface area contributed by atoms with E-state index in [-0.39, 0.29) is 48.6 Å². The van der Waals surface area contributed by atoms with Gasteiger partial charge >= 0.3 is 5.97 Å². The van der Waals surface area contributed by atoms with Gasteiger partial charge in [-0.05, 0) is 57.4 Å². The van der Waals surface area contributed by atoms with Crippen molar-refractivity contribution in [3.05, 3.63) is 35.4 Å². The van der Waals surface area contributed by atoms with Gasteiger partial charge in [-0.1, -0.05) is 25.0 Å². The Bertz CT molecular complexity index is 1110. The van der Waals surface area contributed by atoms with Crippen LogP contribution >= 0.6 is 0 Å². The fraction of sp³-hybridized carbons (Fsp3) is 0.607. The lowest BCUT2D eigenvalue weighted by Gasteiger charge is -2.35. The van der Waals surface area contributed by atoms with E-state index in [9.17, 15) is 24.0 Å². The van der Waals surface area contributed by atoms with Crippen molar-refractivity contribution in [1.29, 1.82) is 0 Å². The predicted octanol–water partition coefficient (Wildman–Crippen LogP) is 1.06. The normalized spacial score (nSPS) is 25.7. The number of esters is 1. The molecule has 0 saturated carbocycles. The number of nitrogens with zero attached hydrogens (tertiary/aromatic N) is 2. The quantitative estimate of drug-likeness (QED) is 0.419. The van der Waals surface area contributed by atoms with Crippen LogP contribution in [-0.4, -0.2) is 83.9 Å². The Morgan fingerprint density at radius 3 is 2.59 bits per heavy atom. The topological polar surface area (TPSA) is 137 Å². The molecule has 1 aromatic rings. The van der Waals surface area contributed by atoms with E-state index in [1.54, 1.807) is 44.1 Å². The Morgan fingerprint density at radius 2 is 1.87 bits per heavy atom. The second-order valence-electron chi connectivity index (χ2n) is 10.7. The van der Waals surface area contributed by atoms with Crippen LogP contribution in [0.2, 0.25) is 0 Å². The van der Waals surface area contributed by atoms with E-state index in [1.165, 1.54) is 4.90 Å². The van der Waals surface area contributed by atoms with Gasteiger partial charge in [-0.3, -0.25) is 24.0 Å². The molecule has 3 saturated heterocycles. The van der Waals surface area contributed by atoms with Crippen LogP contribution < -0.4 is 16.0 Å². The molecule has 3 aliphatic rings. The van der Waals surface area contributed by atoms with E-state index in [4.69, 9.17) is 4.74 Å². The number of hydrogen-bond donors (Lipinski definition) is 3. The molecule has 212 valence electrons. The highest BCUT2D eigenvalue weighted by molar-refractivity contribution is 5.95. The van der Waals surface area contributed by atoms with Gasteiger partial charge < -0.3 is 30.5 Å². The standard InChI is InChI=1S/C28H39N5O6/c1-17(29-2)25(35)31-21-10-5-4-9-20-11-12-22(33(20)28(21)38)26(36)30-16-18-7-6-8-19(15-18)27(37)32(3)23-13-14-24(34)39-23/h6-8,15,17,20-23,29H,4-5,9-14,16H2,1-3H3,(H,30,36)(H,31,35)/t17-,20-,21-,22-,23+/m0/s1. The van der Waals surface area contributed by atoms with Crippen molar-refractivity contribution >= 4 is 29.6 Å². The third-order valence-corrected chi connectivity index (χ3v) is 8.04. The number of fused-ring (bicyclic) bond motifs is 1. The number of carbonyl (C=O) groups is 5. The van der Waals surface area contributed by atoms with Gasteiger partial charge in [-0.2, -0.15) is 0 Å². The highest BCUT2D eigenvalue weighted by atomic mass is 16.6. The van der Waals surface area contributed by atoms with E-state index in [0.717, 1.165) is 31.2 Å². The molecule has 0 aromatic heterocycles. The highest BCUT2D eigenvalue weighted by Gasteiger charge is 2.44. The summed E-state index contributed by atoms with van der Waals surface area (Å²) in [7, 11) is 3.29. The molecule has 3 fully saturated rings. The summed E-state index contributed by atoms with van der Waals surface area (Å²) in [6.07, 6.45) is 4.68. The molecule has 1 aromatic carbocycles. The average Bonchev–Trinajstić information content (AvgIpc) is 3.57. The Kier molecular flexibility index (Phi) is 9.21.